The van der Waals surface area contributed by atoms with Crippen LogP contribution >= 0.6 is 0 Å². The molecule has 0 fully saturated rings. The number of allylic oxidation sites excluding steroid dienone is 4. The fraction of sp³-hybridized carbons (Fsp3) is 0.333. The van der Waals surface area contributed by atoms with Crippen molar-refractivity contribution in [1.29, 1.82) is 0 Å². The molecular formula is C6H8ClY. The minimum atomic E-state index is -0.189. The molecule has 0 heterocycles. The van der Waals surface area contributed by atoms with Crippen molar-refractivity contribution in [3.63, 3.8) is 0 Å². The molecule has 0 aromatic carbocycles. The Kier molecular flexibility index (Phi) is 5.24. The van der Waals surface area contributed by atoms with Crippen LogP contribution in [0.15, 0.2) is 20.6 Å². The third-order valence-corrected chi connectivity index (χ3v) is 4.05. The first-order valence-corrected chi connectivity index (χ1v) is 6.84. The van der Waals surface area contributed by atoms with Gasteiger partial charge in [-0.3, -0.25) is 0 Å². The average molecular weight is 204 g/mol. The topological polar surface area (TPSA) is 0 Å². The molecule has 0 spiro atoms. The van der Waals surface area contributed by atoms with Crippen molar-refractivity contribution in [3.8, 4) is 0 Å². The molecule has 0 aromatic heterocycles. The molecule has 0 aromatic rings. The van der Waals surface area contributed by atoms with Gasteiger partial charge < -0.3 is 12.4 Å². The molecule has 1 aliphatic rings. The van der Waals surface area contributed by atoms with Crippen LogP contribution in [-0.4, -0.2) is 0 Å². The number of hydrogen-bond acceptors (Lipinski definition) is 0. The summed E-state index contributed by atoms with van der Waals surface area (Å²) in [7, 11) is 0. The Hall–Kier alpha value is 0.874. The molecule has 0 N–H and O–H groups in total. The van der Waals surface area contributed by atoms with Crippen LogP contribution in [0.25, 0.3) is 0 Å². The second kappa shape index (κ2) is 4.72. The van der Waals surface area contributed by atoms with Gasteiger partial charge in [0.25, 0.3) is 0 Å². The monoisotopic (exact) mass is 204 g/mol. The van der Waals surface area contributed by atoms with E-state index >= 15 is 0 Å². The molecule has 0 radical (unpaired) electrons. The molecule has 0 bridgehead atoms. The maximum Gasteiger partial charge on any atom is -1.00 e. The number of rotatable bonds is 1. The molecule has 0 nitrogen and oxygen atoms in total. The summed E-state index contributed by atoms with van der Waals surface area (Å²) in [4.78, 5) is 0. The van der Waals surface area contributed by atoms with Gasteiger partial charge in [0.1, 0.15) is 0 Å². The maximum absolute atomic E-state index is 2.38. The van der Waals surface area contributed by atoms with Gasteiger partial charge in [-0.1, -0.05) is 0 Å². The molecule has 0 unspecified atom stereocenters. The molecule has 0 saturated carbocycles. The van der Waals surface area contributed by atoms with Crippen LogP contribution in [0.2, 0.25) is 3.73 Å². The third kappa shape index (κ3) is 2.43. The van der Waals surface area contributed by atoms with E-state index in [1.165, 1.54) is 6.42 Å². The van der Waals surface area contributed by atoms with Gasteiger partial charge >= 0.3 is 60.0 Å². The second-order valence-corrected chi connectivity index (χ2v) is 4.90. The Morgan fingerprint density at radius 2 is 2.38 bits per heavy atom. The van der Waals surface area contributed by atoms with E-state index in [1.807, 2.05) is 0 Å². The predicted octanol–water partition coefficient (Wildman–Crippen LogP) is -1.04. The van der Waals surface area contributed by atoms with Crippen LogP contribution in [0.1, 0.15) is 6.42 Å². The van der Waals surface area contributed by atoms with Crippen molar-refractivity contribution in [2.24, 2.45) is 0 Å². The minimum Gasteiger partial charge on any atom is -1.00 e. The van der Waals surface area contributed by atoms with Crippen LogP contribution in [-0.2, 0) is 29.2 Å². The maximum atomic E-state index is 2.38. The number of hydrogen-bond donors (Lipinski definition) is 0. The van der Waals surface area contributed by atoms with Crippen molar-refractivity contribution < 1.29 is 41.6 Å². The molecule has 0 saturated heterocycles. The Balaban J connectivity index is 0.000000490. The molecule has 1 aliphatic carbocycles. The summed E-state index contributed by atoms with van der Waals surface area (Å²) in [5, 5.41) is 0. The van der Waals surface area contributed by atoms with Crippen LogP contribution in [0.3, 0.4) is 0 Å². The predicted molar refractivity (Wildman–Crippen MR) is 27.7 cm³/mol. The van der Waals surface area contributed by atoms with Crippen LogP contribution in [0.5, 0.6) is 0 Å². The zero-order valence-corrected chi connectivity index (χ0v) is 8.49. The summed E-state index contributed by atoms with van der Waals surface area (Å²) >= 11 is -0.189. The van der Waals surface area contributed by atoms with E-state index in [0.29, 0.717) is 0 Å². The Morgan fingerprint density at radius 1 is 1.62 bits per heavy atom. The Morgan fingerprint density at radius 3 is 2.62 bits per heavy atom. The summed E-state index contributed by atoms with van der Waals surface area (Å²) in [5.74, 6) is 0. The third-order valence-electron chi connectivity index (χ3n) is 1.17. The molecule has 42 valence electrons. The normalized spacial score (nSPS) is 14.4. The van der Waals surface area contributed by atoms with Gasteiger partial charge in [0.15, 0.2) is 0 Å². The van der Waals surface area contributed by atoms with Gasteiger partial charge in [0.2, 0.25) is 0 Å². The van der Waals surface area contributed by atoms with Crippen molar-refractivity contribution in [3.05, 3.63) is 20.6 Å². The first kappa shape index (κ1) is 8.87. The minimum absolute atomic E-state index is 0. The second-order valence-electron chi connectivity index (χ2n) is 1.66. The summed E-state index contributed by atoms with van der Waals surface area (Å²) in [6.45, 7) is 0. The first-order chi connectivity index (χ1) is 3.43. The van der Waals surface area contributed by atoms with Crippen LogP contribution in [0.4, 0.5) is 0 Å². The van der Waals surface area contributed by atoms with E-state index in [4.69, 9.17) is 0 Å². The molecule has 0 atom stereocenters. The van der Waals surface area contributed by atoms with Gasteiger partial charge in [0, 0.05) is 0 Å². The molecular weight excluding hydrogens is 196 g/mol. The van der Waals surface area contributed by atoms with Gasteiger partial charge in [-0.2, -0.15) is 0 Å². The quantitative estimate of drug-likeness (QED) is 0.512. The molecule has 8 heavy (non-hydrogen) atoms. The van der Waals surface area contributed by atoms with E-state index in [0.717, 1.165) is 0 Å². The van der Waals surface area contributed by atoms with E-state index in [9.17, 15) is 0 Å². The summed E-state index contributed by atoms with van der Waals surface area (Å²) in [6, 6.07) is 0. The smallest absolute Gasteiger partial charge is 1.00 e. The first-order valence-electron chi connectivity index (χ1n) is 2.58. The van der Waals surface area contributed by atoms with Crippen molar-refractivity contribution >= 4 is 0 Å². The van der Waals surface area contributed by atoms with Gasteiger partial charge in [-0.15, -0.1) is 0 Å². The van der Waals surface area contributed by atoms with E-state index in [-0.39, 0.29) is 41.6 Å². The van der Waals surface area contributed by atoms with Crippen molar-refractivity contribution in [2.75, 3.05) is 0 Å². The van der Waals surface area contributed by atoms with E-state index in [1.54, 1.807) is 2.38 Å². The molecule has 1 rings (SSSR count). The Labute approximate surface area is 71.8 Å². The fourth-order valence-corrected chi connectivity index (χ4v) is 2.34. The summed E-state index contributed by atoms with van der Waals surface area (Å²) < 4.78 is 4.13. The fourth-order valence-electron chi connectivity index (χ4n) is 0.678. The van der Waals surface area contributed by atoms with Crippen molar-refractivity contribution in [1.82, 2.24) is 0 Å². The largest absolute Gasteiger partial charge is 1.00 e. The van der Waals surface area contributed by atoms with Crippen LogP contribution < -0.4 is 12.4 Å². The van der Waals surface area contributed by atoms with Crippen LogP contribution in [0, 0.1) is 0 Å². The summed E-state index contributed by atoms with van der Waals surface area (Å²) in [5.41, 5.74) is 0. The van der Waals surface area contributed by atoms with Gasteiger partial charge in [-0.25, -0.2) is 0 Å². The van der Waals surface area contributed by atoms with E-state index < -0.39 is 0 Å². The average Bonchev–Trinajstić information content (AvgIpc) is 2.14. The molecule has 0 aliphatic heterocycles. The number of halogens is 1. The van der Waals surface area contributed by atoms with E-state index in [2.05, 4.69) is 22.0 Å². The molecule has 0 amide bonds. The van der Waals surface area contributed by atoms with Gasteiger partial charge in [-0.05, 0) is 0 Å². The standard InChI is InChI=1S/C5H5.CH3.ClH.Y/c1-2-4-5-3-1;;;/h1-3H,4H2;1H3;1H;/q;;;+1/p-1. The van der Waals surface area contributed by atoms with Gasteiger partial charge in [0.05, 0.1) is 0 Å². The SMILES string of the molecule is [CH3][Y+][C]1=CC=CC1.[Cl-]. The summed E-state index contributed by atoms with van der Waals surface area (Å²) in [6.07, 6.45) is 7.97. The Bertz CT molecular complexity index is 116. The zero-order valence-electron chi connectivity index (χ0n) is 4.89. The molecule has 2 heteroatoms. The van der Waals surface area contributed by atoms with Crippen molar-refractivity contribution in [2.45, 2.75) is 10.2 Å². The zero-order chi connectivity index (χ0) is 5.11.